The third-order valence-electron chi connectivity index (χ3n) is 5.13. The molecule has 4 heterocycles. The van der Waals surface area contributed by atoms with Crippen LogP contribution in [-0.4, -0.2) is 35.5 Å². The van der Waals surface area contributed by atoms with E-state index in [0.29, 0.717) is 18.9 Å². The number of rotatable bonds is 3. The molecule has 7 heteroatoms. The maximum atomic E-state index is 13.2. The smallest absolute Gasteiger partial charge is 0.273 e. The van der Waals surface area contributed by atoms with Gasteiger partial charge in [-0.25, -0.2) is 4.98 Å². The van der Waals surface area contributed by atoms with Gasteiger partial charge in [-0.15, -0.1) is 22.7 Å². The van der Waals surface area contributed by atoms with Gasteiger partial charge in [0.1, 0.15) is 10.7 Å². The van der Waals surface area contributed by atoms with Crippen LogP contribution >= 0.6 is 22.7 Å². The van der Waals surface area contributed by atoms with Gasteiger partial charge >= 0.3 is 0 Å². The number of carbonyl (C=O) groups is 1. The van der Waals surface area contributed by atoms with Gasteiger partial charge < -0.3 is 14.4 Å². The molecule has 1 saturated heterocycles. The fraction of sp³-hybridized carbons (Fsp3) is 0.333. The molecule has 1 atom stereocenters. The summed E-state index contributed by atoms with van der Waals surface area (Å²) in [5.41, 5.74) is 1.64. The number of nitrogens with zero attached hydrogens (tertiary/aromatic N) is 2. The number of carbonyl (C=O) groups excluding carboxylic acids is 1. The van der Waals surface area contributed by atoms with E-state index in [-0.39, 0.29) is 11.9 Å². The first-order valence-corrected chi connectivity index (χ1v) is 11.3. The molecule has 1 aromatic carbocycles. The van der Waals surface area contributed by atoms with Crippen molar-refractivity contribution in [1.29, 1.82) is 0 Å². The molecule has 144 valence electrons. The van der Waals surface area contributed by atoms with Gasteiger partial charge in [0.25, 0.3) is 5.91 Å². The molecule has 28 heavy (non-hydrogen) atoms. The Morgan fingerprint density at radius 1 is 1.11 bits per heavy atom. The minimum Gasteiger partial charge on any atom is -0.490 e. The Morgan fingerprint density at radius 3 is 2.86 bits per heavy atom. The van der Waals surface area contributed by atoms with Crippen LogP contribution in [0.15, 0.2) is 41.1 Å². The van der Waals surface area contributed by atoms with Crippen molar-refractivity contribution in [3.05, 3.63) is 52.3 Å². The number of likely N-dealkylation sites (tertiary alicyclic amines) is 1. The molecule has 5 nitrogen and oxygen atoms in total. The summed E-state index contributed by atoms with van der Waals surface area (Å²) >= 11 is 3.17. The minimum atomic E-state index is 0.00803. The molecule has 1 amide bonds. The lowest BCUT2D eigenvalue weighted by Gasteiger charge is -2.25. The summed E-state index contributed by atoms with van der Waals surface area (Å²) in [6.45, 7) is 2.09. The van der Waals surface area contributed by atoms with E-state index in [1.54, 1.807) is 11.3 Å². The predicted molar refractivity (Wildman–Crippen MR) is 110 cm³/mol. The molecule has 0 bridgehead atoms. The Kier molecular flexibility index (Phi) is 4.78. The lowest BCUT2D eigenvalue weighted by molar-refractivity contribution is 0.0730. The first-order valence-electron chi connectivity index (χ1n) is 9.49. The SMILES string of the molecule is O=C(c1csc(-c2cccs2)n1)N1CCCC1c1ccc2c(c1)OCCCO2. The third kappa shape index (κ3) is 3.29. The Labute approximate surface area is 171 Å². The lowest BCUT2D eigenvalue weighted by Crippen LogP contribution is -2.30. The Balaban J connectivity index is 1.39. The fourth-order valence-electron chi connectivity index (χ4n) is 3.78. The summed E-state index contributed by atoms with van der Waals surface area (Å²) in [5.74, 6) is 1.58. The number of hydrogen-bond donors (Lipinski definition) is 0. The standard InChI is InChI=1S/C21H20N2O3S2/c24-21(15-13-28-20(22-15)19-5-2-11-27-19)23-8-1-4-16(23)14-6-7-17-18(12-14)26-10-3-9-25-17/h2,5-7,11-13,16H,1,3-4,8-10H2. The highest BCUT2D eigenvalue weighted by molar-refractivity contribution is 7.20. The molecule has 0 aliphatic carbocycles. The molecule has 2 aliphatic rings. The second kappa shape index (κ2) is 7.56. The summed E-state index contributed by atoms with van der Waals surface area (Å²) in [5, 5.41) is 4.81. The summed E-state index contributed by atoms with van der Waals surface area (Å²) < 4.78 is 11.6. The van der Waals surface area contributed by atoms with Gasteiger partial charge in [-0.1, -0.05) is 12.1 Å². The van der Waals surface area contributed by atoms with Crippen LogP contribution in [0.4, 0.5) is 0 Å². The molecular formula is C21H20N2O3S2. The molecule has 1 fully saturated rings. The van der Waals surface area contributed by atoms with Crippen molar-refractivity contribution in [2.45, 2.75) is 25.3 Å². The number of ether oxygens (including phenoxy) is 2. The van der Waals surface area contributed by atoms with Gasteiger partial charge in [-0.3, -0.25) is 4.79 Å². The van der Waals surface area contributed by atoms with E-state index in [1.165, 1.54) is 11.3 Å². The molecule has 0 spiro atoms. The van der Waals surface area contributed by atoms with E-state index >= 15 is 0 Å². The molecule has 0 N–H and O–H groups in total. The summed E-state index contributed by atoms with van der Waals surface area (Å²) in [4.78, 5) is 20.8. The normalized spacial score (nSPS) is 18.9. The van der Waals surface area contributed by atoms with E-state index in [9.17, 15) is 4.79 Å². The first-order chi connectivity index (χ1) is 13.8. The number of aromatic nitrogens is 1. The minimum absolute atomic E-state index is 0.00803. The van der Waals surface area contributed by atoms with Crippen LogP contribution in [0.5, 0.6) is 11.5 Å². The molecular weight excluding hydrogens is 392 g/mol. The molecule has 0 radical (unpaired) electrons. The number of amides is 1. The first kappa shape index (κ1) is 17.7. The zero-order valence-corrected chi connectivity index (χ0v) is 16.9. The maximum absolute atomic E-state index is 13.2. The van der Waals surface area contributed by atoms with Crippen molar-refractivity contribution in [2.75, 3.05) is 19.8 Å². The summed E-state index contributed by atoms with van der Waals surface area (Å²) in [6, 6.07) is 10.2. The average Bonchev–Trinajstić information content (AvgIpc) is 3.46. The molecule has 2 aliphatic heterocycles. The van der Waals surface area contributed by atoms with Crippen molar-refractivity contribution < 1.29 is 14.3 Å². The van der Waals surface area contributed by atoms with Crippen LogP contribution in [0.3, 0.4) is 0 Å². The van der Waals surface area contributed by atoms with Crippen LogP contribution in [0.1, 0.15) is 41.4 Å². The van der Waals surface area contributed by atoms with Gasteiger partial charge in [-0.05, 0) is 42.0 Å². The van der Waals surface area contributed by atoms with Crippen molar-refractivity contribution in [3.63, 3.8) is 0 Å². The quantitative estimate of drug-likeness (QED) is 0.607. The van der Waals surface area contributed by atoms with Crippen molar-refractivity contribution in [2.24, 2.45) is 0 Å². The van der Waals surface area contributed by atoms with Crippen LogP contribution in [0.25, 0.3) is 9.88 Å². The number of thiazole rings is 1. The summed E-state index contributed by atoms with van der Waals surface area (Å²) in [7, 11) is 0. The van der Waals surface area contributed by atoms with E-state index in [0.717, 1.165) is 52.8 Å². The van der Waals surface area contributed by atoms with Gasteiger partial charge in [0.2, 0.25) is 0 Å². The highest BCUT2D eigenvalue weighted by Crippen LogP contribution is 2.39. The van der Waals surface area contributed by atoms with Crippen LogP contribution < -0.4 is 9.47 Å². The highest BCUT2D eigenvalue weighted by Gasteiger charge is 2.32. The number of fused-ring (bicyclic) bond motifs is 1. The monoisotopic (exact) mass is 412 g/mol. The van der Waals surface area contributed by atoms with E-state index in [1.807, 2.05) is 39.9 Å². The van der Waals surface area contributed by atoms with Crippen LogP contribution in [-0.2, 0) is 0 Å². The molecule has 3 aromatic rings. The Bertz CT molecular complexity index is 983. The zero-order valence-electron chi connectivity index (χ0n) is 15.3. The van der Waals surface area contributed by atoms with Crippen LogP contribution in [0, 0.1) is 0 Å². The van der Waals surface area contributed by atoms with Gasteiger partial charge in [0.05, 0.1) is 24.1 Å². The highest BCUT2D eigenvalue weighted by atomic mass is 32.1. The molecule has 2 aromatic heterocycles. The number of hydrogen-bond acceptors (Lipinski definition) is 6. The van der Waals surface area contributed by atoms with Crippen molar-refractivity contribution >= 4 is 28.6 Å². The Morgan fingerprint density at radius 2 is 2.00 bits per heavy atom. The van der Waals surface area contributed by atoms with E-state index in [2.05, 4.69) is 11.1 Å². The number of thiophene rings is 1. The predicted octanol–water partition coefficient (Wildman–Crippen LogP) is 5.01. The Hall–Kier alpha value is -2.38. The van der Waals surface area contributed by atoms with E-state index in [4.69, 9.17) is 9.47 Å². The largest absolute Gasteiger partial charge is 0.490 e. The average molecular weight is 413 g/mol. The second-order valence-corrected chi connectivity index (χ2v) is 8.73. The number of benzene rings is 1. The molecule has 5 rings (SSSR count). The van der Waals surface area contributed by atoms with Crippen molar-refractivity contribution in [1.82, 2.24) is 9.88 Å². The molecule has 0 saturated carbocycles. The van der Waals surface area contributed by atoms with Crippen LogP contribution in [0.2, 0.25) is 0 Å². The second-order valence-electron chi connectivity index (χ2n) is 6.93. The van der Waals surface area contributed by atoms with Gasteiger partial charge in [0.15, 0.2) is 11.5 Å². The maximum Gasteiger partial charge on any atom is 0.273 e. The van der Waals surface area contributed by atoms with Gasteiger partial charge in [0, 0.05) is 18.3 Å². The van der Waals surface area contributed by atoms with Crippen molar-refractivity contribution in [3.8, 4) is 21.4 Å². The van der Waals surface area contributed by atoms with Gasteiger partial charge in [-0.2, -0.15) is 0 Å². The lowest BCUT2D eigenvalue weighted by atomic mass is 10.0. The third-order valence-corrected chi connectivity index (χ3v) is 7.01. The fourth-order valence-corrected chi connectivity index (χ4v) is 5.38. The molecule has 1 unspecified atom stereocenters. The summed E-state index contributed by atoms with van der Waals surface area (Å²) in [6.07, 6.45) is 2.83. The topological polar surface area (TPSA) is 51.7 Å². The zero-order chi connectivity index (χ0) is 18.9. The van der Waals surface area contributed by atoms with E-state index < -0.39 is 0 Å².